The number of nitrogens with one attached hydrogen (secondary N) is 1. The minimum absolute atomic E-state index is 0.498. The SMILES string of the molecule is CC(C)[Si](OC[C@@H]1CC[C@@H](c2ccccc2)N1)(C(C)C)C(C)C. The van der Waals surface area contributed by atoms with Crippen LogP contribution in [0.5, 0.6) is 0 Å². The molecular weight excluding hydrogens is 298 g/mol. The monoisotopic (exact) mass is 333 g/mol. The summed E-state index contributed by atoms with van der Waals surface area (Å²) in [6.07, 6.45) is 2.44. The molecule has 130 valence electrons. The van der Waals surface area contributed by atoms with Crippen molar-refractivity contribution in [2.45, 2.75) is 83.1 Å². The van der Waals surface area contributed by atoms with Gasteiger partial charge in [-0.3, -0.25) is 0 Å². The largest absolute Gasteiger partial charge is 0.414 e. The molecule has 1 aliphatic heterocycles. The number of benzene rings is 1. The van der Waals surface area contributed by atoms with E-state index >= 15 is 0 Å². The average molecular weight is 334 g/mol. The highest BCUT2D eigenvalue weighted by Gasteiger charge is 2.45. The summed E-state index contributed by atoms with van der Waals surface area (Å²) in [7, 11) is -1.74. The van der Waals surface area contributed by atoms with Crippen molar-refractivity contribution in [2.24, 2.45) is 0 Å². The second-order valence-corrected chi connectivity index (χ2v) is 13.5. The first-order valence-electron chi connectivity index (χ1n) is 9.32. The molecule has 2 atom stereocenters. The van der Waals surface area contributed by atoms with E-state index in [1.54, 1.807) is 0 Å². The fourth-order valence-electron chi connectivity index (χ4n) is 4.64. The molecule has 1 N–H and O–H groups in total. The fourth-order valence-corrected chi connectivity index (χ4v) is 10.1. The molecule has 0 radical (unpaired) electrons. The van der Waals surface area contributed by atoms with Gasteiger partial charge in [0.25, 0.3) is 0 Å². The highest BCUT2D eigenvalue weighted by molar-refractivity contribution is 6.77. The Morgan fingerprint density at radius 2 is 1.52 bits per heavy atom. The third kappa shape index (κ3) is 4.07. The molecule has 0 saturated carbocycles. The average Bonchev–Trinajstić information content (AvgIpc) is 2.96. The van der Waals surface area contributed by atoms with Crippen molar-refractivity contribution < 1.29 is 4.43 Å². The molecule has 0 bridgehead atoms. The van der Waals surface area contributed by atoms with E-state index in [9.17, 15) is 0 Å². The van der Waals surface area contributed by atoms with E-state index in [-0.39, 0.29) is 0 Å². The van der Waals surface area contributed by atoms with Crippen molar-refractivity contribution in [3.8, 4) is 0 Å². The molecule has 1 fully saturated rings. The van der Waals surface area contributed by atoms with Gasteiger partial charge in [0.15, 0.2) is 8.32 Å². The Morgan fingerprint density at radius 1 is 0.957 bits per heavy atom. The first-order valence-corrected chi connectivity index (χ1v) is 11.5. The van der Waals surface area contributed by atoms with Crippen LogP contribution < -0.4 is 5.32 Å². The highest BCUT2D eigenvalue weighted by Crippen LogP contribution is 2.42. The smallest absolute Gasteiger partial charge is 0.200 e. The van der Waals surface area contributed by atoms with E-state index in [1.807, 2.05) is 0 Å². The zero-order valence-corrected chi connectivity index (χ0v) is 16.8. The summed E-state index contributed by atoms with van der Waals surface area (Å²) < 4.78 is 6.76. The molecule has 0 amide bonds. The van der Waals surface area contributed by atoms with Crippen LogP contribution in [0.3, 0.4) is 0 Å². The second kappa shape index (κ2) is 7.95. The standard InChI is InChI=1S/C20H35NOSi/c1-15(2)23(16(3)4,17(5)6)22-14-19-12-13-20(21-19)18-10-8-7-9-11-18/h7-11,15-17,19-21H,12-14H2,1-6H3/t19-,20-/m0/s1. The Labute approximate surface area is 144 Å². The Morgan fingerprint density at radius 3 is 2.04 bits per heavy atom. The number of hydrogen-bond donors (Lipinski definition) is 1. The lowest BCUT2D eigenvalue weighted by atomic mass is 10.1. The first-order chi connectivity index (χ1) is 10.9. The molecule has 0 unspecified atom stereocenters. The van der Waals surface area contributed by atoms with Gasteiger partial charge in [0, 0.05) is 18.7 Å². The quantitative estimate of drug-likeness (QED) is 0.649. The van der Waals surface area contributed by atoms with Crippen molar-refractivity contribution in [3.63, 3.8) is 0 Å². The topological polar surface area (TPSA) is 21.3 Å². The van der Waals surface area contributed by atoms with Crippen LogP contribution in [-0.2, 0) is 4.43 Å². The molecule has 1 heterocycles. The third-order valence-corrected chi connectivity index (χ3v) is 11.8. The van der Waals surface area contributed by atoms with Crippen LogP contribution in [0.2, 0.25) is 16.6 Å². The second-order valence-electron chi connectivity index (χ2n) is 8.03. The van der Waals surface area contributed by atoms with Gasteiger partial charge in [-0.05, 0) is 35.0 Å². The van der Waals surface area contributed by atoms with Gasteiger partial charge in [0.2, 0.25) is 0 Å². The molecule has 1 saturated heterocycles. The zero-order chi connectivity index (χ0) is 17.0. The molecule has 1 aromatic rings. The predicted octanol–water partition coefficient (Wildman–Crippen LogP) is 5.67. The molecule has 3 heteroatoms. The molecular formula is C20H35NOSi. The van der Waals surface area contributed by atoms with Gasteiger partial charge in [0.05, 0.1) is 0 Å². The van der Waals surface area contributed by atoms with Crippen LogP contribution in [0.25, 0.3) is 0 Å². The minimum atomic E-state index is -1.74. The normalized spacial score (nSPS) is 22.5. The Kier molecular flexibility index (Phi) is 6.46. The van der Waals surface area contributed by atoms with E-state index < -0.39 is 8.32 Å². The van der Waals surface area contributed by atoms with Crippen LogP contribution >= 0.6 is 0 Å². The number of hydrogen-bond acceptors (Lipinski definition) is 2. The zero-order valence-electron chi connectivity index (χ0n) is 15.8. The Hall–Kier alpha value is -0.643. The minimum Gasteiger partial charge on any atom is -0.414 e. The molecule has 0 aliphatic carbocycles. The molecule has 0 aromatic heterocycles. The molecule has 1 aromatic carbocycles. The van der Waals surface area contributed by atoms with Gasteiger partial charge >= 0.3 is 0 Å². The van der Waals surface area contributed by atoms with Crippen molar-refractivity contribution in [2.75, 3.05) is 6.61 Å². The molecule has 2 rings (SSSR count). The van der Waals surface area contributed by atoms with Crippen molar-refractivity contribution in [3.05, 3.63) is 35.9 Å². The van der Waals surface area contributed by atoms with Crippen LogP contribution in [0.1, 0.15) is 66.0 Å². The van der Waals surface area contributed by atoms with Gasteiger partial charge in [-0.2, -0.15) is 0 Å². The first kappa shape index (κ1) is 18.7. The molecule has 2 nitrogen and oxygen atoms in total. The van der Waals surface area contributed by atoms with Crippen molar-refractivity contribution in [1.29, 1.82) is 0 Å². The maximum Gasteiger partial charge on any atom is 0.200 e. The van der Waals surface area contributed by atoms with Gasteiger partial charge in [-0.15, -0.1) is 0 Å². The summed E-state index contributed by atoms with van der Waals surface area (Å²) in [6, 6.07) is 11.8. The van der Waals surface area contributed by atoms with E-state index in [1.165, 1.54) is 18.4 Å². The molecule has 1 aliphatic rings. The van der Waals surface area contributed by atoms with Crippen LogP contribution in [0.4, 0.5) is 0 Å². The van der Waals surface area contributed by atoms with E-state index in [0.717, 1.165) is 6.61 Å². The Balaban J connectivity index is 1.97. The lowest BCUT2D eigenvalue weighted by Gasteiger charge is -2.42. The van der Waals surface area contributed by atoms with Gasteiger partial charge < -0.3 is 9.74 Å². The lowest BCUT2D eigenvalue weighted by molar-refractivity contribution is 0.242. The van der Waals surface area contributed by atoms with E-state index in [4.69, 9.17) is 4.43 Å². The molecule has 23 heavy (non-hydrogen) atoms. The van der Waals surface area contributed by atoms with Gasteiger partial charge in [0.1, 0.15) is 0 Å². The Bertz CT molecular complexity index is 450. The lowest BCUT2D eigenvalue weighted by Crippen LogP contribution is -2.49. The molecule has 0 spiro atoms. The summed E-state index contributed by atoms with van der Waals surface area (Å²) in [4.78, 5) is 0. The van der Waals surface area contributed by atoms with E-state index in [2.05, 4.69) is 77.2 Å². The van der Waals surface area contributed by atoms with Crippen LogP contribution in [-0.4, -0.2) is 21.0 Å². The fraction of sp³-hybridized carbons (Fsp3) is 0.700. The van der Waals surface area contributed by atoms with Gasteiger partial charge in [-0.25, -0.2) is 0 Å². The predicted molar refractivity (Wildman–Crippen MR) is 102 cm³/mol. The van der Waals surface area contributed by atoms with Crippen LogP contribution in [0, 0.1) is 0 Å². The van der Waals surface area contributed by atoms with Crippen molar-refractivity contribution in [1.82, 2.24) is 5.32 Å². The van der Waals surface area contributed by atoms with E-state index in [0.29, 0.717) is 28.7 Å². The summed E-state index contributed by atoms with van der Waals surface area (Å²) >= 11 is 0. The summed E-state index contributed by atoms with van der Waals surface area (Å²) in [6.45, 7) is 15.1. The third-order valence-electron chi connectivity index (χ3n) is 5.68. The summed E-state index contributed by atoms with van der Waals surface area (Å²) in [5, 5.41) is 3.79. The summed E-state index contributed by atoms with van der Waals surface area (Å²) in [5.41, 5.74) is 3.39. The highest BCUT2D eigenvalue weighted by atomic mass is 28.4. The van der Waals surface area contributed by atoms with Crippen molar-refractivity contribution >= 4 is 8.32 Å². The maximum atomic E-state index is 6.76. The maximum absolute atomic E-state index is 6.76. The summed E-state index contributed by atoms with van der Waals surface area (Å²) in [5.74, 6) is 0. The van der Waals surface area contributed by atoms with Gasteiger partial charge in [-0.1, -0.05) is 71.9 Å². The number of rotatable bonds is 7. The van der Waals surface area contributed by atoms with Crippen LogP contribution in [0.15, 0.2) is 30.3 Å².